The van der Waals surface area contributed by atoms with Gasteiger partial charge in [-0.05, 0) is 108 Å². The number of hydrogen-bond donors (Lipinski definition) is 0. The van der Waals surface area contributed by atoms with Crippen molar-refractivity contribution in [2.75, 3.05) is 0 Å². The molecule has 0 spiro atoms. The van der Waals surface area contributed by atoms with Crippen LogP contribution in [0.4, 0.5) is 0 Å². The summed E-state index contributed by atoms with van der Waals surface area (Å²) in [5.74, 6) is 0. The van der Waals surface area contributed by atoms with Crippen molar-refractivity contribution in [1.82, 2.24) is 14.4 Å². The number of hydrogen-bond acceptors (Lipinski definition) is 2. The summed E-state index contributed by atoms with van der Waals surface area (Å²) in [4.78, 5) is 10.7. The molecule has 0 unspecified atom stereocenters. The third-order valence-corrected chi connectivity index (χ3v) is 12.6. The van der Waals surface area contributed by atoms with Crippen LogP contribution in [0, 0.1) is 0 Å². The molecule has 1 aliphatic carbocycles. The lowest BCUT2D eigenvalue weighted by Crippen LogP contribution is -2.15. The maximum atomic E-state index is 5.52. The molecule has 0 atom stereocenters. The summed E-state index contributed by atoms with van der Waals surface area (Å²) in [6, 6.07) is 66.2. The number of rotatable bonds is 4. The monoisotopic (exact) mass is 739 g/mol. The molecule has 0 fully saturated rings. The number of aromatic nitrogens is 3. The van der Waals surface area contributed by atoms with Crippen LogP contribution in [-0.4, -0.2) is 14.4 Å². The van der Waals surface area contributed by atoms with Gasteiger partial charge in [-0.1, -0.05) is 153 Å². The standard InChI is InChI=1S/C55H37N3/c1-55(2)47-33-46(41-25-20-34-11-3-5-13-38(34)29-41)44-15-7-8-16-45(44)51(47)53-48(55)31-42-26-24-40(32-49(42)56-53)36-18-22-37(23-19-36)54-52(57-50-17-9-10-28-58(50)54)43-27-21-35-12-4-6-14-39(35)30-43/h3-33H,1-2H3. The molecule has 0 radical (unpaired) electrons. The van der Waals surface area contributed by atoms with E-state index in [1.54, 1.807) is 0 Å². The summed E-state index contributed by atoms with van der Waals surface area (Å²) in [5.41, 5.74) is 15.8. The van der Waals surface area contributed by atoms with Gasteiger partial charge in [-0.2, -0.15) is 0 Å². The largest absolute Gasteiger partial charge is 0.299 e. The van der Waals surface area contributed by atoms with Crippen LogP contribution in [0.2, 0.25) is 0 Å². The summed E-state index contributed by atoms with van der Waals surface area (Å²) >= 11 is 0. The fourth-order valence-corrected chi connectivity index (χ4v) is 9.51. The van der Waals surface area contributed by atoms with Crippen LogP contribution in [0.25, 0.3) is 105 Å². The van der Waals surface area contributed by atoms with Gasteiger partial charge in [0.25, 0.3) is 0 Å². The van der Waals surface area contributed by atoms with Crippen molar-refractivity contribution in [2.45, 2.75) is 19.3 Å². The zero-order valence-corrected chi connectivity index (χ0v) is 32.2. The highest BCUT2D eigenvalue weighted by atomic mass is 15.0. The molecule has 0 bridgehead atoms. The second-order valence-electron chi connectivity index (χ2n) is 16.2. The van der Waals surface area contributed by atoms with Gasteiger partial charge in [-0.3, -0.25) is 4.40 Å². The van der Waals surface area contributed by atoms with Gasteiger partial charge in [0.15, 0.2) is 0 Å². The van der Waals surface area contributed by atoms with E-state index >= 15 is 0 Å². The fraction of sp³-hybridized carbons (Fsp3) is 0.0545. The molecular formula is C55H37N3. The molecule has 0 saturated heterocycles. The molecular weight excluding hydrogens is 703 g/mol. The first-order chi connectivity index (χ1) is 28.5. The molecule has 0 aliphatic heterocycles. The molecule has 8 aromatic carbocycles. The predicted octanol–water partition coefficient (Wildman–Crippen LogP) is 14.3. The maximum Gasteiger partial charge on any atom is 0.137 e. The fourth-order valence-electron chi connectivity index (χ4n) is 9.51. The molecule has 3 aromatic heterocycles. The minimum Gasteiger partial charge on any atom is -0.299 e. The highest BCUT2D eigenvalue weighted by Gasteiger charge is 2.38. The van der Waals surface area contributed by atoms with Crippen LogP contribution in [0.5, 0.6) is 0 Å². The van der Waals surface area contributed by atoms with Crippen molar-refractivity contribution in [3.8, 4) is 56.0 Å². The Morgan fingerprint density at radius 2 is 1.02 bits per heavy atom. The number of nitrogens with zero attached hydrogens (tertiary/aromatic N) is 3. The molecule has 12 rings (SSSR count). The normalized spacial score (nSPS) is 13.1. The number of fused-ring (bicyclic) bond motifs is 9. The van der Waals surface area contributed by atoms with Crippen LogP contribution in [0.3, 0.4) is 0 Å². The molecule has 3 heteroatoms. The molecule has 272 valence electrons. The second kappa shape index (κ2) is 12.3. The van der Waals surface area contributed by atoms with E-state index in [2.05, 4.69) is 200 Å². The number of benzene rings is 8. The number of pyridine rings is 2. The zero-order valence-electron chi connectivity index (χ0n) is 32.2. The topological polar surface area (TPSA) is 30.2 Å². The Hall–Kier alpha value is -7.36. The van der Waals surface area contributed by atoms with Crippen LogP contribution in [0.15, 0.2) is 188 Å². The van der Waals surface area contributed by atoms with Crippen LogP contribution in [-0.2, 0) is 5.41 Å². The van der Waals surface area contributed by atoms with Gasteiger partial charge < -0.3 is 0 Å². The Bertz CT molecular complexity index is 3480. The molecule has 0 amide bonds. The van der Waals surface area contributed by atoms with Crippen molar-refractivity contribution in [3.63, 3.8) is 0 Å². The third kappa shape index (κ3) is 4.93. The summed E-state index contributed by atoms with van der Waals surface area (Å²) in [7, 11) is 0. The SMILES string of the molecule is CC1(C)c2cc3ccc(-c4ccc(-c5c(-c6ccc7ccccc7c6)nc6ccccn56)cc4)cc3nc2-c2c1cc(-c1ccc3ccccc3c1)c1ccccc21. The Balaban J connectivity index is 0.956. The van der Waals surface area contributed by atoms with Crippen molar-refractivity contribution in [1.29, 1.82) is 0 Å². The minimum atomic E-state index is -0.209. The van der Waals surface area contributed by atoms with Crippen molar-refractivity contribution < 1.29 is 0 Å². The highest BCUT2D eigenvalue weighted by Crippen LogP contribution is 2.53. The van der Waals surface area contributed by atoms with Crippen LogP contribution >= 0.6 is 0 Å². The Labute approximate surface area is 336 Å². The molecule has 11 aromatic rings. The summed E-state index contributed by atoms with van der Waals surface area (Å²) < 4.78 is 2.20. The Morgan fingerprint density at radius 1 is 0.414 bits per heavy atom. The van der Waals surface area contributed by atoms with Gasteiger partial charge in [0, 0.05) is 33.7 Å². The first-order valence-electron chi connectivity index (χ1n) is 20.1. The quantitative estimate of drug-likeness (QED) is 0.180. The van der Waals surface area contributed by atoms with Gasteiger partial charge in [-0.25, -0.2) is 9.97 Å². The van der Waals surface area contributed by atoms with Gasteiger partial charge in [0.05, 0.1) is 22.6 Å². The molecule has 3 nitrogen and oxygen atoms in total. The lowest BCUT2D eigenvalue weighted by molar-refractivity contribution is 0.661. The first kappa shape index (κ1) is 32.8. The van der Waals surface area contributed by atoms with Crippen molar-refractivity contribution in [2.24, 2.45) is 0 Å². The van der Waals surface area contributed by atoms with Crippen molar-refractivity contribution in [3.05, 3.63) is 199 Å². The van der Waals surface area contributed by atoms with E-state index in [4.69, 9.17) is 9.97 Å². The molecule has 0 N–H and O–H groups in total. The van der Waals surface area contributed by atoms with Crippen LogP contribution in [0.1, 0.15) is 25.0 Å². The molecule has 58 heavy (non-hydrogen) atoms. The van der Waals surface area contributed by atoms with Gasteiger partial charge in [0.1, 0.15) is 5.65 Å². The lowest BCUT2D eigenvalue weighted by Gasteiger charge is -2.23. The Kier molecular flexibility index (Phi) is 6.98. The van der Waals surface area contributed by atoms with Gasteiger partial charge in [0.2, 0.25) is 0 Å². The third-order valence-electron chi connectivity index (χ3n) is 12.6. The zero-order chi connectivity index (χ0) is 38.5. The average molecular weight is 740 g/mol. The van der Waals surface area contributed by atoms with Crippen LogP contribution < -0.4 is 0 Å². The maximum absolute atomic E-state index is 5.52. The van der Waals surface area contributed by atoms with E-state index in [0.717, 1.165) is 55.9 Å². The summed E-state index contributed by atoms with van der Waals surface area (Å²) in [5, 5.41) is 8.61. The molecule has 1 aliphatic rings. The first-order valence-corrected chi connectivity index (χ1v) is 20.1. The van der Waals surface area contributed by atoms with E-state index in [0.29, 0.717) is 0 Å². The van der Waals surface area contributed by atoms with Gasteiger partial charge in [-0.15, -0.1) is 0 Å². The molecule has 3 heterocycles. The van der Waals surface area contributed by atoms with Crippen molar-refractivity contribution >= 4 is 48.9 Å². The second-order valence-corrected chi connectivity index (χ2v) is 16.2. The van der Waals surface area contributed by atoms with E-state index in [1.165, 1.54) is 60.1 Å². The molecule has 0 saturated carbocycles. The highest BCUT2D eigenvalue weighted by molar-refractivity contribution is 6.10. The smallest absolute Gasteiger partial charge is 0.137 e. The van der Waals surface area contributed by atoms with E-state index in [1.807, 2.05) is 6.07 Å². The lowest BCUT2D eigenvalue weighted by atomic mass is 9.80. The predicted molar refractivity (Wildman–Crippen MR) is 242 cm³/mol. The average Bonchev–Trinajstić information content (AvgIpc) is 3.77. The van der Waals surface area contributed by atoms with E-state index in [9.17, 15) is 0 Å². The van der Waals surface area contributed by atoms with E-state index in [-0.39, 0.29) is 5.41 Å². The Morgan fingerprint density at radius 3 is 1.79 bits per heavy atom. The number of imidazole rings is 1. The van der Waals surface area contributed by atoms with E-state index < -0.39 is 0 Å². The summed E-state index contributed by atoms with van der Waals surface area (Å²) in [6.45, 7) is 4.71. The van der Waals surface area contributed by atoms with Gasteiger partial charge >= 0.3 is 0 Å². The summed E-state index contributed by atoms with van der Waals surface area (Å²) in [6.07, 6.45) is 2.11. The minimum absolute atomic E-state index is 0.209.